The molecular formula is C16H21N3O. The molecule has 0 spiro atoms. The third-order valence-electron chi connectivity index (χ3n) is 2.85. The summed E-state index contributed by atoms with van der Waals surface area (Å²) in [5.41, 5.74) is 8.82. The molecule has 0 bridgehead atoms. The van der Waals surface area contributed by atoms with Gasteiger partial charge >= 0.3 is 0 Å². The fourth-order valence-electron chi connectivity index (χ4n) is 1.96. The molecular weight excluding hydrogens is 250 g/mol. The van der Waals surface area contributed by atoms with E-state index in [2.05, 4.69) is 10.3 Å². The number of ether oxygens (including phenoxy) is 1. The highest BCUT2D eigenvalue weighted by atomic mass is 16.5. The number of nitrogens with two attached hydrogens (primary N) is 1. The molecule has 4 nitrogen and oxygen atoms in total. The minimum absolute atomic E-state index is 0.0914. The number of para-hydroxylation sites is 1. The number of aromatic nitrogens is 1. The minimum Gasteiger partial charge on any atom is -0.488 e. The maximum Gasteiger partial charge on any atom is 0.147 e. The zero-order chi connectivity index (χ0) is 14.5. The highest BCUT2D eigenvalue weighted by Gasteiger charge is 2.11. The van der Waals surface area contributed by atoms with Crippen LogP contribution in [0.2, 0.25) is 0 Å². The highest BCUT2D eigenvalue weighted by molar-refractivity contribution is 5.66. The van der Waals surface area contributed by atoms with Crippen LogP contribution in [0.4, 0.5) is 11.5 Å². The topological polar surface area (TPSA) is 60.2 Å². The molecule has 0 atom stereocenters. The van der Waals surface area contributed by atoms with Crippen LogP contribution in [0.1, 0.15) is 25.0 Å². The lowest BCUT2D eigenvalue weighted by Crippen LogP contribution is -2.11. The van der Waals surface area contributed by atoms with E-state index >= 15 is 0 Å². The Bertz CT molecular complexity index is 582. The summed E-state index contributed by atoms with van der Waals surface area (Å²) in [6, 6.07) is 9.88. The van der Waals surface area contributed by atoms with E-state index in [1.54, 1.807) is 6.20 Å². The lowest BCUT2D eigenvalue weighted by atomic mass is 10.1. The van der Waals surface area contributed by atoms with Crippen molar-refractivity contribution in [3.8, 4) is 5.75 Å². The van der Waals surface area contributed by atoms with Gasteiger partial charge in [-0.2, -0.15) is 0 Å². The Kier molecular flexibility index (Phi) is 4.58. The quantitative estimate of drug-likeness (QED) is 0.875. The van der Waals surface area contributed by atoms with Crippen molar-refractivity contribution in [2.45, 2.75) is 33.4 Å². The number of nitrogens with one attached hydrogen (secondary N) is 1. The average Bonchev–Trinajstić information content (AvgIpc) is 2.40. The lowest BCUT2D eigenvalue weighted by molar-refractivity contribution is 0.241. The number of hydrogen-bond donors (Lipinski definition) is 2. The Balaban J connectivity index is 2.35. The third-order valence-corrected chi connectivity index (χ3v) is 2.85. The van der Waals surface area contributed by atoms with Crippen molar-refractivity contribution < 1.29 is 4.74 Å². The van der Waals surface area contributed by atoms with E-state index in [1.165, 1.54) is 0 Å². The van der Waals surface area contributed by atoms with Crippen molar-refractivity contribution in [3.63, 3.8) is 0 Å². The Morgan fingerprint density at radius 3 is 2.75 bits per heavy atom. The third kappa shape index (κ3) is 3.48. The SMILES string of the molecule is Cc1ccnc(Nc2cccc(CN)c2OC(C)C)c1. The summed E-state index contributed by atoms with van der Waals surface area (Å²) >= 11 is 0. The molecule has 1 aromatic carbocycles. The molecule has 0 amide bonds. The number of rotatable bonds is 5. The van der Waals surface area contributed by atoms with E-state index in [4.69, 9.17) is 10.5 Å². The van der Waals surface area contributed by atoms with Gasteiger partial charge in [0, 0.05) is 18.3 Å². The molecule has 0 radical (unpaired) electrons. The molecule has 1 heterocycles. The van der Waals surface area contributed by atoms with E-state index in [1.807, 2.05) is 51.1 Å². The van der Waals surface area contributed by atoms with Gasteiger partial charge in [0.15, 0.2) is 0 Å². The second-order valence-corrected chi connectivity index (χ2v) is 5.01. The van der Waals surface area contributed by atoms with Crippen LogP contribution < -0.4 is 15.8 Å². The van der Waals surface area contributed by atoms with Gasteiger partial charge in [0.1, 0.15) is 11.6 Å². The predicted molar refractivity (Wildman–Crippen MR) is 82.4 cm³/mol. The first-order chi connectivity index (χ1) is 9.60. The number of aryl methyl sites for hydroxylation is 1. The first-order valence-electron chi connectivity index (χ1n) is 6.78. The molecule has 1 aromatic heterocycles. The van der Waals surface area contributed by atoms with E-state index in [-0.39, 0.29) is 6.10 Å². The molecule has 0 aliphatic carbocycles. The van der Waals surface area contributed by atoms with Gasteiger partial charge in [0.25, 0.3) is 0 Å². The van der Waals surface area contributed by atoms with E-state index in [0.29, 0.717) is 6.54 Å². The molecule has 2 aromatic rings. The summed E-state index contributed by atoms with van der Waals surface area (Å²) in [7, 11) is 0. The number of hydrogen-bond acceptors (Lipinski definition) is 4. The van der Waals surface area contributed by atoms with Gasteiger partial charge in [-0.3, -0.25) is 0 Å². The zero-order valence-corrected chi connectivity index (χ0v) is 12.2. The number of benzene rings is 1. The summed E-state index contributed by atoms with van der Waals surface area (Å²) in [6.45, 7) is 6.48. The van der Waals surface area contributed by atoms with E-state index in [9.17, 15) is 0 Å². The summed E-state index contributed by atoms with van der Waals surface area (Å²) in [6.07, 6.45) is 1.88. The largest absolute Gasteiger partial charge is 0.488 e. The zero-order valence-electron chi connectivity index (χ0n) is 12.2. The maximum atomic E-state index is 5.90. The monoisotopic (exact) mass is 271 g/mol. The summed E-state index contributed by atoms with van der Waals surface area (Å²) < 4.78 is 5.90. The molecule has 0 saturated carbocycles. The summed E-state index contributed by atoms with van der Waals surface area (Å²) in [5, 5.41) is 3.30. The van der Waals surface area contributed by atoms with Gasteiger partial charge < -0.3 is 15.8 Å². The Labute approximate surface area is 120 Å². The molecule has 0 fully saturated rings. The molecule has 106 valence electrons. The van der Waals surface area contributed by atoms with Gasteiger partial charge in [-0.15, -0.1) is 0 Å². The number of pyridine rings is 1. The standard InChI is InChI=1S/C16H21N3O/c1-11(2)20-16-13(10-17)5-4-6-14(16)19-15-9-12(3)7-8-18-15/h4-9,11H,10,17H2,1-3H3,(H,18,19). The lowest BCUT2D eigenvalue weighted by Gasteiger charge is -2.18. The van der Waals surface area contributed by atoms with Crippen LogP contribution in [0.3, 0.4) is 0 Å². The minimum atomic E-state index is 0.0914. The summed E-state index contributed by atoms with van der Waals surface area (Å²) in [5.74, 6) is 1.60. The molecule has 0 aliphatic rings. The Morgan fingerprint density at radius 1 is 1.30 bits per heavy atom. The van der Waals surface area contributed by atoms with Crippen LogP contribution >= 0.6 is 0 Å². The van der Waals surface area contributed by atoms with Crippen LogP contribution in [-0.2, 0) is 6.54 Å². The molecule has 20 heavy (non-hydrogen) atoms. The molecule has 0 aliphatic heterocycles. The molecule has 4 heteroatoms. The first kappa shape index (κ1) is 14.3. The van der Waals surface area contributed by atoms with Gasteiger partial charge in [-0.1, -0.05) is 12.1 Å². The van der Waals surface area contributed by atoms with E-state index in [0.717, 1.165) is 28.4 Å². The molecule has 2 rings (SSSR count). The van der Waals surface area contributed by atoms with Crippen molar-refractivity contribution >= 4 is 11.5 Å². The van der Waals surface area contributed by atoms with Crippen molar-refractivity contribution in [2.75, 3.05) is 5.32 Å². The molecule has 0 unspecified atom stereocenters. The number of nitrogens with zero attached hydrogens (tertiary/aromatic N) is 1. The maximum absolute atomic E-state index is 5.90. The van der Waals surface area contributed by atoms with Gasteiger partial charge in [-0.25, -0.2) is 4.98 Å². The fourth-order valence-corrected chi connectivity index (χ4v) is 1.96. The second-order valence-electron chi connectivity index (χ2n) is 5.01. The van der Waals surface area contributed by atoms with Gasteiger partial charge in [0.05, 0.1) is 11.8 Å². The van der Waals surface area contributed by atoms with Crippen molar-refractivity contribution in [1.29, 1.82) is 0 Å². The Hall–Kier alpha value is -2.07. The van der Waals surface area contributed by atoms with Crippen LogP contribution in [0.15, 0.2) is 36.5 Å². The predicted octanol–water partition coefficient (Wildman–Crippen LogP) is 3.38. The smallest absolute Gasteiger partial charge is 0.147 e. The van der Waals surface area contributed by atoms with Gasteiger partial charge in [-0.05, 0) is 44.5 Å². The second kappa shape index (κ2) is 6.39. The van der Waals surface area contributed by atoms with Crippen molar-refractivity contribution in [3.05, 3.63) is 47.7 Å². The van der Waals surface area contributed by atoms with Crippen molar-refractivity contribution in [2.24, 2.45) is 5.73 Å². The van der Waals surface area contributed by atoms with Crippen molar-refractivity contribution in [1.82, 2.24) is 4.98 Å². The highest BCUT2D eigenvalue weighted by Crippen LogP contribution is 2.31. The van der Waals surface area contributed by atoms with Crippen LogP contribution in [0.5, 0.6) is 5.75 Å². The van der Waals surface area contributed by atoms with Crippen LogP contribution in [-0.4, -0.2) is 11.1 Å². The average molecular weight is 271 g/mol. The van der Waals surface area contributed by atoms with Gasteiger partial charge in [0.2, 0.25) is 0 Å². The first-order valence-corrected chi connectivity index (χ1v) is 6.78. The summed E-state index contributed by atoms with van der Waals surface area (Å²) in [4.78, 5) is 4.31. The molecule has 0 saturated heterocycles. The fraction of sp³-hybridized carbons (Fsp3) is 0.312. The van der Waals surface area contributed by atoms with Crippen LogP contribution in [0.25, 0.3) is 0 Å². The van der Waals surface area contributed by atoms with E-state index < -0.39 is 0 Å². The number of anilines is 2. The van der Waals surface area contributed by atoms with Crippen LogP contribution in [0, 0.1) is 6.92 Å². The molecule has 3 N–H and O–H groups in total. The normalized spacial score (nSPS) is 10.7. The Morgan fingerprint density at radius 2 is 2.10 bits per heavy atom.